The van der Waals surface area contributed by atoms with E-state index in [1.54, 1.807) is 0 Å². The van der Waals surface area contributed by atoms with Gasteiger partial charge in [-0.05, 0) is 12.1 Å². The van der Waals surface area contributed by atoms with Gasteiger partial charge in [0.25, 0.3) is 0 Å². The van der Waals surface area contributed by atoms with Crippen LogP contribution in [-0.4, -0.2) is 37.6 Å². The largest absolute Gasteiger partial charge is 0.455 e. The van der Waals surface area contributed by atoms with Gasteiger partial charge in [0.05, 0.1) is 18.9 Å². The average Bonchev–Trinajstić information content (AvgIpc) is 2.74. The highest BCUT2D eigenvalue weighted by molar-refractivity contribution is 5.59. The van der Waals surface area contributed by atoms with E-state index in [0.29, 0.717) is 0 Å². The first kappa shape index (κ1) is 9.00. The average molecular weight is 206 g/mol. The summed E-state index contributed by atoms with van der Waals surface area (Å²) in [5, 5.41) is 3.35. The lowest BCUT2D eigenvalue weighted by Gasteiger charge is -2.30. The second kappa shape index (κ2) is 3.72. The van der Waals surface area contributed by atoms with Crippen LogP contribution in [0, 0.1) is 0 Å². The summed E-state index contributed by atoms with van der Waals surface area (Å²) < 4.78 is 11.1. The molecule has 1 atom stereocenters. The molecule has 2 heterocycles. The Kier molecular flexibility index (Phi) is 2.23. The van der Waals surface area contributed by atoms with Crippen LogP contribution in [0.1, 0.15) is 0 Å². The summed E-state index contributed by atoms with van der Waals surface area (Å²) >= 11 is 0. The third-order valence-electron chi connectivity index (χ3n) is 2.78. The van der Waals surface area contributed by atoms with Gasteiger partial charge in [0, 0.05) is 13.1 Å². The lowest BCUT2D eigenvalue weighted by molar-refractivity contribution is -0.0274. The molecule has 1 N–H and O–H groups in total. The molecule has 0 aliphatic carbocycles. The van der Waals surface area contributed by atoms with E-state index in [1.807, 2.05) is 24.3 Å². The Hall–Kier alpha value is -1.26. The molecule has 0 amide bonds. The maximum Gasteiger partial charge on any atom is 0.230 e. The van der Waals surface area contributed by atoms with E-state index >= 15 is 0 Å². The number of ether oxygens (including phenoxy) is 2. The lowest BCUT2D eigenvalue weighted by Crippen LogP contribution is -2.48. The van der Waals surface area contributed by atoms with Crippen molar-refractivity contribution in [2.24, 2.45) is 0 Å². The van der Waals surface area contributed by atoms with Crippen molar-refractivity contribution in [1.82, 2.24) is 4.90 Å². The fraction of sp³-hybridized carbons (Fsp3) is 0.455. The van der Waals surface area contributed by atoms with Crippen molar-refractivity contribution in [2.45, 2.75) is 6.35 Å². The maximum absolute atomic E-state index is 5.81. The number of rotatable bonds is 1. The number of anilines is 1. The first-order valence-corrected chi connectivity index (χ1v) is 5.27. The highest BCUT2D eigenvalue weighted by Crippen LogP contribution is 2.32. The Labute approximate surface area is 88.8 Å². The summed E-state index contributed by atoms with van der Waals surface area (Å²) in [5.41, 5.74) is 1.08. The molecule has 0 spiro atoms. The smallest absolute Gasteiger partial charge is 0.230 e. The van der Waals surface area contributed by atoms with Gasteiger partial charge in [-0.3, -0.25) is 0 Å². The number of morpholine rings is 1. The molecular weight excluding hydrogens is 192 g/mol. The summed E-state index contributed by atoms with van der Waals surface area (Å²) in [7, 11) is 0. The zero-order valence-corrected chi connectivity index (χ0v) is 8.48. The molecule has 1 fully saturated rings. The Morgan fingerprint density at radius 3 is 2.80 bits per heavy atom. The van der Waals surface area contributed by atoms with E-state index in [1.165, 1.54) is 0 Å². The fourth-order valence-corrected chi connectivity index (χ4v) is 1.95. The van der Waals surface area contributed by atoms with Gasteiger partial charge in [0.2, 0.25) is 6.35 Å². The SMILES string of the molecule is c1ccc2c(c1)NC(N1CCOCC1)O2. The summed E-state index contributed by atoms with van der Waals surface area (Å²) in [5.74, 6) is 0.939. The van der Waals surface area contributed by atoms with Crippen molar-refractivity contribution in [1.29, 1.82) is 0 Å². The van der Waals surface area contributed by atoms with Crippen molar-refractivity contribution < 1.29 is 9.47 Å². The molecule has 1 aromatic rings. The zero-order valence-electron chi connectivity index (χ0n) is 8.48. The van der Waals surface area contributed by atoms with Crippen LogP contribution < -0.4 is 10.1 Å². The highest BCUT2D eigenvalue weighted by Gasteiger charge is 2.28. The van der Waals surface area contributed by atoms with E-state index in [4.69, 9.17) is 9.47 Å². The van der Waals surface area contributed by atoms with E-state index in [-0.39, 0.29) is 6.35 Å². The molecule has 1 aromatic carbocycles. The molecule has 2 aliphatic rings. The number of benzene rings is 1. The van der Waals surface area contributed by atoms with Crippen LogP contribution in [0.4, 0.5) is 5.69 Å². The first-order chi connectivity index (χ1) is 7.43. The van der Waals surface area contributed by atoms with Crippen molar-refractivity contribution in [3.8, 4) is 5.75 Å². The molecule has 1 saturated heterocycles. The number of para-hydroxylation sites is 2. The molecule has 1 unspecified atom stereocenters. The quantitative estimate of drug-likeness (QED) is 0.746. The second-order valence-electron chi connectivity index (χ2n) is 3.76. The van der Waals surface area contributed by atoms with E-state index in [2.05, 4.69) is 10.2 Å². The first-order valence-electron chi connectivity index (χ1n) is 5.27. The molecule has 80 valence electrons. The van der Waals surface area contributed by atoms with Crippen molar-refractivity contribution >= 4 is 5.69 Å². The van der Waals surface area contributed by atoms with Gasteiger partial charge in [0.1, 0.15) is 5.75 Å². The van der Waals surface area contributed by atoms with E-state index < -0.39 is 0 Å². The Balaban J connectivity index is 1.72. The number of nitrogens with one attached hydrogen (secondary N) is 1. The minimum absolute atomic E-state index is 0.0219. The van der Waals surface area contributed by atoms with Crippen LogP contribution in [0.3, 0.4) is 0 Å². The van der Waals surface area contributed by atoms with Gasteiger partial charge in [0.15, 0.2) is 0 Å². The molecule has 4 nitrogen and oxygen atoms in total. The molecular formula is C11H14N2O2. The predicted octanol–water partition coefficient (Wildman–Crippen LogP) is 1.11. The van der Waals surface area contributed by atoms with Gasteiger partial charge in [-0.25, -0.2) is 4.90 Å². The monoisotopic (exact) mass is 206 g/mol. The number of hydrogen-bond acceptors (Lipinski definition) is 4. The van der Waals surface area contributed by atoms with Gasteiger partial charge in [-0.1, -0.05) is 12.1 Å². The van der Waals surface area contributed by atoms with Crippen LogP contribution in [0.5, 0.6) is 5.75 Å². The Morgan fingerprint density at radius 2 is 2.00 bits per heavy atom. The maximum atomic E-state index is 5.81. The highest BCUT2D eigenvalue weighted by atomic mass is 16.5. The Morgan fingerprint density at radius 1 is 1.20 bits per heavy atom. The van der Waals surface area contributed by atoms with E-state index in [9.17, 15) is 0 Å². The Bertz CT molecular complexity index is 325. The standard InChI is InChI=1S/C11H14N2O2/c1-2-4-10-9(3-1)12-11(15-10)13-5-7-14-8-6-13/h1-4,11-12H,5-8H2. The van der Waals surface area contributed by atoms with Crippen LogP contribution in [0.15, 0.2) is 24.3 Å². The lowest BCUT2D eigenvalue weighted by atomic mass is 10.3. The summed E-state index contributed by atoms with van der Waals surface area (Å²) in [6.45, 7) is 3.42. The van der Waals surface area contributed by atoms with Crippen molar-refractivity contribution in [3.63, 3.8) is 0 Å². The molecule has 2 aliphatic heterocycles. The second-order valence-corrected chi connectivity index (χ2v) is 3.76. The molecule has 0 radical (unpaired) electrons. The van der Waals surface area contributed by atoms with E-state index in [0.717, 1.165) is 37.7 Å². The molecule has 4 heteroatoms. The van der Waals surface area contributed by atoms with Gasteiger partial charge in [-0.2, -0.15) is 0 Å². The fourth-order valence-electron chi connectivity index (χ4n) is 1.95. The third kappa shape index (κ3) is 1.66. The van der Waals surface area contributed by atoms with Crippen molar-refractivity contribution in [3.05, 3.63) is 24.3 Å². The zero-order chi connectivity index (χ0) is 10.1. The topological polar surface area (TPSA) is 33.7 Å². The van der Waals surface area contributed by atoms with Gasteiger partial charge >= 0.3 is 0 Å². The molecule has 0 bridgehead atoms. The predicted molar refractivity (Wildman–Crippen MR) is 56.9 cm³/mol. The van der Waals surface area contributed by atoms with Gasteiger partial charge < -0.3 is 14.8 Å². The minimum atomic E-state index is -0.0219. The summed E-state index contributed by atoms with van der Waals surface area (Å²) in [6, 6.07) is 8.03. The minimum Gasteiger partial charge on any atom is -0.455 e. The summed E-state index contributed by atoms with van der Waals surface area (Å²) in [4.78, 5) is 2.25. The summed E-state index contributed by atoms with van der Waals surface area (Å²) in [6.07, 6.45) is -0.0219. The number of hydrogen-bond donors (Lipinski definition) is 1. The normalized spacial score (nSPS) is 25.5. The van der Waals surface area contributed by atoms with Crippen LogP contribution in [0.25, 0.3) is 0 Å². The molecule has 3 rings (SSSR count). The van der Waals surface area contributed by atoms with Gasteiger partial charge in [-0.15, -0.1) is 0 Å². The van der Waals surface area contributed by atoms with Crippen LogP contribution in [0.2, 0.25) is 0 Å². The molecule has 0 saturated carbocycles. The van der Waals surface area contributed by atoms with Crippen LogP contribution in [-0.2, 0) is 4.74 Å². The third-order valence-corrected chi connectivity index (χ3v) is 2.78. The van der Waals surface area contributed by atoms with Crippen molar-refractivity contribution in [2.75, 3.05) is 31.6 Å². The number of fused-ring (bicyclic) bond motifs is 1. The molecule has 15 heavy (non-hydrogen) atoms. The number of nitrogens with zero attached hydrogens (tertiary/aromatic N) is 1. The van der Waals surface area contributed by atoms with Crippen LogP contribution >= 0.6 is 0 Å². The molecule has 0 aromatic heterocycles.